The molecule has 31 heavy (non-hydrogen) atoms. The maximum atomic E-state index is 12.5. The third-order valence-corrected chi connectivity index (χ3v) is 4.66. The highest BCUT2D eigenvalue weighted by atomic mass is 16.5. The summed E-state index contributed by atoms with van der Waals surface area (Å²) in [5.41, 5.74) is 3.09. The van der Waals surface area contributed by atoms with Crippen molar-refractivity contribution in [3.63, 3.8) is 0 Å². The summed E-state index contributed by atoms with van der Waals surface area (Å²) in [6, 6.07) is 15.1. The number of carbonyl (C=O) groups excluding carboxylic acids is 1. The molecule has 0 radical (unpaired) electrons. The van der Waals surface area contributed by atoms with Crippen molar-refractivity contribution in [2.24, 2.45) is 0 Å². The van der Waals surface area contributed by atoms with Crippen LogP contribution in [0.15, 0.2) is 52.9 Å². The molecule has 0 fully saturated rings. The van der Waals surface area contributed by atoms with Gasteiger partial charge in [0.05, 0.1) is 13.2 Å². The van der Waals surface area contributed by atoms with Crippen LogP contribution < -0.4 is 19.5 Å². The molecule has 0 unspecified atom stereocenters. The standard InChI is InChI=1S/C25H29NO5/c1-5-28-21-11-9-19(14-24(21)29-6-2)15-26-25(27)22-12-10-20(31-22)16-30-23-13-17(3)7-8-18(23)4/h7-14H,5-6,15-16H2,1-4H3,(H,26,27). The van der Waals surface area contributed by atoms with E-state index < -0.39 is 0 Å². The molecule has 1 aromatic heterocycles. The van der Waals surface area contributed by atoms with Gasteiger partial charge in [0.1, 0.15) is 18.1 Å². The number of aryl methyl sites for hydroxylation is 2. The van der Waals surface area contributed by atoms with Gasteiger partial charge in [-0.25, -0.2) is 0 Å². The van der Waals surface area contributed by atoms with E-state index in [1.807, 2.05) is 64.1 Å². The van der Waals surface area contributed by atoms with Crippen molar-refractivity contribution in [3.8, 4) is 17.2 Å². The van der Waals surface area contributed by atoms with E-state index in [-0.39, 0.29) is 18.3 Å². The molecule has 1 amide bonds. The Bertz CT molecular complexity index is 1020. The van der Waals surface area contributed by atoms with Crippen LogP contribution in [-0.4, -0.2) is 19.1 Å². The van der Waals surface area contributed by atoms with Crippen LogP contribution in [0.5, 0.6) is 17.2 Å². The van der Waals surface area contributed by atoms with Gasteiger partial charge in [-0.05, 0) is 74.7 Å². The van der Waals surface area contributed by atoms with Crippen molar-refractivity contribution in [2.45, 2.75) is 40.8 Å². The maximum absolute atomic E-state index is 12.5. The second kappa shape index (κ2) is 10.6. The highest BCUT2D eigenvalue weighted by molar-refractivity contribution is 5.91. The Morgan fingerprint density at radius 1 is 0.871 bits per heavy atom. The molecule has 0 aliphatic rings. The fourth-order valence-electron chi connectivity index (χ4n) is 3.06. The minimum Gasteiger partial charge on any atom is -0.490 e. The first-order valence-corrected chi connectivity index (χ1v) is 10.5. The van der Waals surface area contributed by atoms with E-state index in [4.69, 9.17) is 18.6 Å². The summed E-state index contributed by atoms with van der Waals surface area (Å²) in [5.74, 6) is 2.72. The van der Waals surface area contributed by atoms with E-state index >= 15 is 0 Å². The van der Waals surface area contributed by atoms with Gasteiger partial charge in [-0.15, -0.1) is 0 Å². The van der Waals surface area contributed by atoms with Gasteiger partial charge in [0.15, 0.2) is 17.3 Å². The molecular formula is C25H29NO5. The van der Waals surface area contributed by atoms with Crippen LogP contribution in [0, 0.1) is 13.8 Å². The van der Waals surface area contributed by atoms with Crippen molar-refractivity contribution in [3.05, 3.63) is 76.7 Å². The lowest BCUT2D eigenvalue weighted by Gasteiger charge is -2.12. The average molecular weight is 424 g/mol. The largest absolute Gasteiger partial charge is 0.490 e. The summed E-state index contributed by atoms with van der Waals surface area (Å²) in [4.78, 5) is 12.5. The quantitative estimate of drug-likeness (QED) is 0.485. The zero-order valence-electron chi connectivity index (χ0n) is 18.5. The SMILES string of the molecule is CCOc1ccc(CNC(=O)c2ccc(COc3cc(C)ccc3C)o2)cc1OCC. The smallest absolute Gasteiger partial charge is 0.287 e. The molecule has 0 aliphatic heterocycles. The molecule has 6 heteroatoms. The van der Waals surface area contributed by atoms with Crippen LogP contribution in [0.4, 0.5) is 0 Å². The summed E-state index contributed by atoms with van der Waals surface area (Å²) in [6.45, 7) is 9.56. The predicted molar refractivity (Wildman–Crippen MR) is 119 cm³/mol. The highest BCUT2D eigenvalue weighted by Crippen LogP contribution is 2.28. The number of nitrogens with one attached hydrogen (secondary N) is 1. The van der Waals surface area contributed by atoms with E-state index in [0.29, 0.717) is 37.0 Å². The third-order valence-electron chi connectivity index (χ3n) is 4.66. The molecule has 0 spiro atoms. The summed E-state index contributed by atoms with van der Waals surface area (Å²) >= 11 is 0. The van der Waals surface area contributed by atoms with Gasteiger partial charge in [-0.3, -0.25) is 4.79 Å². The number of amides is 1. The molecule has 2 aromatic carbocycles. The minimum absolute atomic E-state index is 0.246. The molecule has 0 atom stereocenters. The molecule has 0 saturated heterocycles. The lowest BCUT2D eigenvalue weighted by molar-refractivity contribution is 0.0919. The minimum atomic E-state index is -0.287. The fourth-order valence-corrected chi connectivity index (χ4v) is 3.06. The van der Waals surface area contributed by atoms with Crippen molar-refractivity contribution < 1.29 is 23.4 Å². The van der Waals surface area contributed by atoms with Crippen molar-refractivity contribution in [1.82, 2.24) is 5.32 Å². The summed E-state index contributed by atoms with van der Waals surface area (Å²) in [7, 11) is 0. The Morgan fingerprint density at radius 3 is 2.42 bits per heavy atom. The number of ether oxygens (including phenoxy) is 3. The van der Waals surface area contributed by atoms with Gasteiger partial charge in [0, 0.05) is 6.54 Å². The summed E-state index contributed by atoms with van der Waals surface area (Å²) in [6.07, 6.45) is 0. The number of rotatable bonds is 10. The number of furan rings is 1. The first kappa shape index (κ1) is 22.3. The Kier molecular flexibility index (Phi) is 7.60. The van der Waals surface area contributed by atoms with Crippen molar-refractivity contribution in [1.29, 1.82) is 0 Å². The highest BCUT2D eigenvalue weighted by Gasteiger charge is 2.13. The van der Waals surface area contributed by atoms with E-state index in [0.717, 1.165) is 22.4 Å². The number of carbonyl (C=O) groups is 1. The second-order valence-electron chi connectivity index (χ2n) is 7.15. The van der Waals surface area contributed by atoms with E-state index in [9.17, 15) is 4.79 Å². The molecule has 0 bridgehead atoms. The topological polar surface area (TPSA) is 69.9 Å². The van der Waals surface area contributed by atoms with Gasteiger partial charge in [0.25, 0.3) is 5.91 Å². The van der Waals surface area contributed by atoms with Gasteiger partial charge in [-0.1, -0.05) is 18.2 Å². The predicted octanol–water partition coefficient (Wildman–Crippen LogP) is 5.20. The molecule has 0 aliphatic carbocycles. The Hall–Kier alpha value is -3.41. The molecule has 1 heterocycles. The fraction of sp³-hybridized carbons (Fsp3) is 0.320. The number of benzene rings is 2. The van der Waals surface area contributed by atoms with Crippen LogP contribution in [0.1, 0.15) is 46.9 Å². The van der Waals surface area contributed by atoms with Crippen LogP contribution in [0.3, 0.4) is 0 Å². The van der Waals surface area contributed by atoms with Gasteiger partial charge < -0.3 is 23.9 Å². The van der Waals surface area contributed by atoms with Gasteiger partial charge in [0.2, 0.25) is 0 Å². The van der Waals surface area contributed by atoms with Crippen molar-refractivity contribution >= 4 is 5.91 Å². The van der Waals surface area contributed by atoms with Gasteiger partial charge >= 0.3 is 0 Å². The zero-order valence-corrected chi connectivity index (χ0v) is 18.5. The average Bonchev–Trinajstić information content (AvgIpc) is 3.24. The monoisotopic (exact) mass is 423 g/mol. The lowest BCUT2D eigenvalue weighted by Crippen LogP contribution is -2.22. The van der Waals surface area contributed by atoms with Crippen molar-refractivity contribution in [2.75, 3.05) is 13.2 Å². The number of hydrogen-bond donors (Lipinski definition) is 1. The molecular weight excluding hydrogens is 394 g/mol. The molecule has 6 nitrogen and oxygen atoms in total. The Labute approximate surface area is 183 Å². The Balaban J connectivity index is 1.57. The first-order chi connectivity index (χ1) is 15.0. The third kappa shape index (κ3) is 6.04. The van der Waals surface area contributed by atoms with E-state index in [1.54, 1.807) is 12.1 Å². The van der Waals surface area contributed by atoms with Crippen LogP contribution >= 0.6 is 0 Å². The summed E-state index contributed by atoms with van der Waals surface area (Å²) in [5, 5.41) is 2.87. The Morgan fingerprint density at radius 2 is 1.65 bits per heavy atom. The van der Waals surface area contributed by atoms with E-state index in [2.05, 4.69) is 5.32 Å². The normalized spacial score (nSPS) is 10.6. The van der Waals surface area contributed by atoms with E-state index in [1.165, 1.54) is 0 Å². The zero-order chi connectivity index (χ0) is 22.2. The van der Waals surface area contributed by atoms with Crippen LogP contribution in [0.2, 0.25) is 0 Å². The molecule has 164 valence electrons. The van der Waals surface area contributed by atoms with Crippen LogP contribution in [-0.2, 0) is 13.2 Å². The molecule has 0 saturated carbocycles. The number of hydrogen-bond acceptors (Lipinski definition) is 5. The first-order valence-electron chi connectivity index (χ1n) is 10.5. The molecule has 3 rings (SSSR count). The molecule has 3 aromatic rings. The maximum Gasteiger partial charge on any atom is 0.287 e. The van der Waals surface area contributed by atoms with Gasteiger partial charge in [-0.2, -0.15) is 0 Å². The molecule has 1 N–H and O–H groups in total. The second-order valence-corrected chi connectivity index (χ2v) is 7.15. The summed E-state index contributed by atoms with van der Waals surface area (Å²) < 4.78 is 22.7. The van der Waals surface area contributed by atoms with Crippen LogP contribution in [0.25, 0.3) is 0 Å². The lowest BCUT2D eigenvalue weighted by atomic mass is 10.1.